The van der Waals surface area contributed by atoms with Gasteiger partial charge in [0.05, 0.1) is 16.6 Å². The maximum atomic E-state index is 13.4. The molecule has 0 spiro atoms. The van der Waals surface area contributed by atoms with Crippen LogP contribution >= 0.6 is 27.7 Å². The number of aromatic nitrogens is 1. The summed E-state index contributed by atoms with van der Waals surface area (Å²) in [6.45, 7) is 0. The van der Waals surface area contributed by atoms with Crippen molar-refractivity contribution >= 4 is 27.7 Å². The molecule has 0 amide bonds. The van der Waals surface area contributed by atoms with Crippen LogP contribution in [0.3, 0.4) is 0 Å². The predicted octanol–water partition coefficient (Wildman–Crippen LogP) is 4.57. The molecule has 1 aliphatic heterocycles. The first-order chi connectivity index (χ1) is 11.0. The molecule has 0 N–H and O–H groups in total. The van der Waals surface area contributed by atoms with Gasteiger partial charge in [-0.25, -0.2) is 0 Å². The molecular formula is C16H11BrF3N2S+. The van der Waals surface area contributed by atoms with Gasteiger partial charge in [0, 0.05) is 11.6 Å². The Morgan fingerprint density at radius 2 is 2.00 bits per heavy atom. The van der Waals surface area contributed by atoms with Crippen molar-refractivity contribution in [2.45, 2.75) is 17.2 Å². The Morgan fingerprint density at radius 1 is 1.30 bits per heavy atom. The fraction of sp³-hybridized carbons (Fsp3) is 0.250. The van der Waals surface area contributed by atoms with Crippen molar-refractivity contribution in [2.24, 2.45) is 0 Å². The van der Waals surface area contributed by atoms with E-state index in [4.69, 9.17) is 0 Å². The minimum absolute atomic E-state index is 0.0135. The average molecular weight is 400 g/mol. The Bertz CT molecular complexity index is 785. The Kier molecular flexibility index (Phi) is 4.39. The largest absolute Gasteiger partial charge is 0.418 e. The monoisotopic (exact) mass is 399 g/mol. The molecule has 1 unspecified atom stereocenters. The molecule has 0 aliphatic carbocycles. The number of nitriles is 1. The van der Waals surface area contributed by atoms with Gasteiger partial charge in [0.2, 0.25) is 5.69 Å². The molecule has 0 fully saturated rings. The van der Waals surface area contributed by atoms with E-state index in [0.717, 1.165) is 6.07 Å². The zero-order chi connectivity index (χ0) is 16.6. The maximum absolute atomic E-state index is 13.4. The lowest BCUT2D eigenvalue weighted by Gasteiger charge is -2.13. The summed E-state index contributed by atoms with van der Waals surface area (Å²) in [4.78, 5) is 0. The fourth-order valence-corrected chi connectivity index (χ4v) is 4.78. The van der Waals surface area contributed by atoms with Crippen molar-refractivity contribution < 1.29 is 17.7 Å². The number of nitrogens with zero attached hydrogens (tertiary/aromatic N) is 2. The topological polar surface area (TPSA) is 27.7 Å². The number of thioether (sulfide) groups is 1. The summed E-state index contributed by atoms with van der Waals surface area (Å²) in [5.41, 5.74) is 0.0389. The van der Waals surface area contributed by atoms with Crippen LogP contribution in [0.15, 0.2) is 41.4 Å². The molecule has 3 rings (SSSR count). The maximum Gasteiger partial charge on any atom is 0.418 e. The van der Waals surface area contributed by atoms with Crippen LogP contribution < -0.4 is 4.57 Å². The molecule has 2 aromatic rings. The van der Waals surface area contributed by atoms with Crippen molar-refractivity contribution in [1.29, 1.82) is 5.26 Å². The zero-order valence-corrected chi connectivity index (χ0v) is 14.2. The number of hydrogen-bond donors (Lipinski definition) is 0. The quantitative estimate of drug-likeness (QED) is 0.546. The molecule has 1 atom stereocenters. The van der Waals surface area contributed by atoms with Crippen molar-refractivity contribution in [3.63, 3.8) is 0 Å². The molecule has 0 bridgehead atoms. The van der Waals surface area contributed by atoms with Gasteiger partial charge >= 0.3 is 6.18 Å². The molecule has 0 saturated heterocycles. The van der Waals surface area contributed by atoms with Gasteiger partial charge in [-0.2, -0.15) is 23.0 Å². The molecule has 1 aliphatic rings. The number of rotatable bonds is 2. The van der Waals surface area contributed by atoms with Gasteiger partial charge in [-0.1, -0.05) is 34.1 Å². The van der Waals surface area contributed by atoms with Crippen LogP contribution in [0.25, 0.3) is 11.3 Å². The molecule has 1 aromatic carbocycles. The number of fused-ring (bicyclic) bond motifs is 1. The summed E-state index contributed by atoms with van der Waals surface area (Å²) in [7, 11) is 0. The highest BCUT2D eigenvalue weighted by Gasteiger charge is 2.44. The van der Waals surface area contributed by atoms with Crippen LogP contribution in [0.1, 0.15) is 17.2 Å². The minimum atomic E-state index is -4.56. The van der Waals surface area contributed by atoms with E-state index in [9.17, 15) is 18.4 Å². The number of hydrogen-bond acceptors (Lipinski definition) is 2. The number of pyridine rings is 1. The first kappa shape index (κ1) is 16.3. The van der Waals surface area contributed by atoms with Crippen LogP contribution in [0, 0.1) is 11.3 Å². The van der Waals surface area contributed by atoms with E-state index in [1.807, 2.05) is 10.6 Å². The highest BCUT2D eigenvalue weighted by Crippen LogP contribution is 2.40. The second-order valence-corrected chi connectivity index (χ2v) is 6.74. The molecule has 7 heteroatoms. The Hall–Kier alpha value is -1.52. The van der Waals surface area contributed by atoms with Crippen molar-refractivity contribution in [2.75, 3.05) is 11.1 Å². The van der Waals surface area contributed by atoms with Crippen LogP contribution in [0.4, 0.5) is 13.2 Å². The van der Waals surface area contributed by atoms with Crippen molar-refractivity contribution in [3.8, 4) is 17.3 Å². The van der Waals surface area contributed by atoms with Crippen LogP contribution in [0.2, 0.25) is 0 Å². The summed E-state index contributed by atoms with van der Waals surface area (Å²) in [6.07, 6.45) is -4.56. The van der Waals surface area contributed by atoms with E-state index < -0.39 is 11.7 Å². The average Bonchev–Trinajstić information content (AvgIpc) is 2.97. The lowest BCUT2D eigenvalue weighted by molar-refractivity contribution is -0.733. The van der Waals surface area contributed by atoms with E-state index in [1.165, 1.54) is 11.8 Å². The Morgan fingerprint density at radius 3 is 2.57 bits per heavy atom. The summed E-state index contributed by atoms with van der Waals surface area (Å²) >= 11 is 4.72. The molecule has 1 aromatic heterocycles. The Balaban J connectivity index is 2.36. The van der Waals surface area contributed by atoms with Crippen molar-refractivity contribution in [1.82, 2.24) is 0 Å². The normalized spacial score (nSPS) is 16.9. The smallest absolute Gasteiger partial charge is 0.192 e. The van der Waals surface area contributed by atoms with E-state index in [2.05, 4.69) is 15.9 Å². The Labute approximate surface area is 144 Å². The van der Waals surface area contributed by atoms with Crippen LogP contribution in [-0.4, -0.2) is 11.1 Å². The SMILES string of the molecule is N#Cc1c(C(F)(F)F)cc(-c2ccccc2)[n+]2c1SCC2CBr. The number of benzene rings is 1. The van der Waals surface area contributed by atoms with Crippen molar-refractivity contribution in [3.05, 3.63) is 47.5 Å². The molecule has 2 nitrogen and oxygen atoms in total. The van der Waals surface area contributed by atoms with Crippen LogP contribution in [0.5, 0.6) is 0 Å². The number of halogens is 4. The lowest BCUT2D eigenvalue weighted by atomic mass is 10.0. The van der Waals surface area contributed by atoms with Gasteiger partial charge in [0.1, 0.15) is 11.6 Å². The summed E-state index contributed by atoms with van der Waals surface area (Å²) in [5.74, 6) is 0.640. The molecule has 0 radical (unpaired) electrons. The van der Waals surface area contributed by atoms with E-state index >= 15 is 0 Å². The molecule has 2 heterocycles. The second kappa shape index (κ2) is 6.17. The third-order valence-corrected chi connectivity index (χ3v) is 5.66. The van der Waals surface area contributed by atoms with Gasteiger partial charge in [0.15, 0.2) is 6.04 Å². The predicted molar refractivity (Wildman–Crippen MR) is 85.3 cm³/mol. The molecule has 23 heavy (non-hydrogen) atoms. The highest BCUT2D eigenvalue weighted by atomic mass is 79.9. The first-order valence-corrected chi connectivity index (χ1v) is 8.92. The second-order valence-electron chi connectivity index (χ2n) is 5.09. The molecule has 118 valence electrons. The van der Waals surface area contributed by atoms with Crippen LogP contribution in [-0.2, 0) is 6.18 Å². The molecular weight excluding hydrogens is 389 g/mol. The lowest BCUT2D eigenvalue weighted by Crippen LogP contribution is -2.43. The summed E-state index contributed by atoms with van der Waals surface area (Å²) in [6, 6.07) is 11.8. The van der Waals surface area contributed by atoms with E-state index in [1.54, 1.807) is 30.3 Å². The van der Waals surface area contributed by atoms with Gasteiger partial charge in [0.25, 0.3) is 5.03 Å². The third kappa shape index (κ3) is 2.86. The first-order valence-electron chi connectivity index (χ1n) is 6.81. The van der Waals surface area contributed by atoms with Gasteiger partial charge in [-0.3, -0.25) is 0 Å². The highest BCUT2D eigenvalue weighted by molar-refractivity contribution is 9.09. The van der Waals surface area contributed by atoms with E-state index in [-0.39, 0.29) is 11.6 Å². The van der Waals surface area contributed by atoms with Gasteiger partial charge in [-0.05, 0) is 23.9 Å². The molecule has 0 saturated carbocycles. The standard InChI is InChI=1S/C16H11BrF3N2S/c17-7-11-9-23-15-12(8-21)13(16(18,19)20)6-14(22(11)15)10-4-2-1-3-5-10/h1-6,11H,7,9H2/q+1. The fourth-order valence-electron chi connectivity index (χ4n) is 2.65. The van der Waals surface area contributed by atoms with Gasteiger partial charge < -0.3 is 0 Å². The zero-order valence-electron chi connectivity index (χ0n) is 11.8. The van der Waals surface area contributed by atoms with E-state index in [0.29, 0.717) is 27.4 Å². The summed E-state index contributed by atoms with van der Waals surface area (Å²) in [5, 5.41) is 10.3. The van der Waals surface area contributed by atoms with Gasteiger partial charge in [-0.15, -0.1) is 0 Å². The summed E-state index contributed by atoms with van der Waals surface area (Å²) < 4.78 is 42.0. The third-order valence-electron chi connectivity index (χ3n) is 3.69. The number of alkyl halides is 4. The minimum Gasteiger partial charge on any atom is -0.192 e.